The molecule has 5 nitrogen and oxygen atoms in total. The van der Waals surface area contributed by atoms with Crippen LogP contribution in [-0.2, 0) is 5.41 Å². The summed E-state index contributed by atoms with van der Waals surface area (Å²) < 4.78 is 91.2. The van der Waals surface area contributed by atoms with Crippen molar-refractivity contribution in [3.05, 3.63) is 363 Å². The van der Waals surface area contributed by atoms with E-state index in [2.05, 4.69) is 297 Å². The van der Waals surface area contributed by atoms with Crippen molar-refractivity contribution in [3.63, 3.8) is 0 Å². The number of nitrogens with zero attached hydrogens (tertiary/aromatic N) is 3. The van der Waals surface area contributed by atoms with Crippen LogP contribution in [0.1, 0.15) is 37.3 Å². The average molecular weight is 1360 g/mol. The van der Waals surface area contributed by atoms with Gasteiger partial charge in [0, 0.05) is 94.1 Å². The molecule has 0 radical (unpaired) electrons. The molecule has 0 atom stereocenters. The molecule has 0 bridgehead atoms. The molecule has 106 heavy (non-hydrogen) atoms. The Morgan fingerprint density at radius 2 is 0.717 bits per heavy atom. The molecule has 2 aliphatic heterocycles. The summed E-state index contributed by atoms with van der Waals surface area (Å²) >= 11 is 0. The summed E-state index contributed by atoms with van der Waals surface area (Å²) in [7, 11) is 0. The Bertz CT molecular complexity index is 6950. The van der Waals surface area contributed by atoms with Crippen LogP contribution < -0.4 is 26.2 Å². The molecule has 0 saturated heterocycles. The predicted molar refractivity (Wildman–Crippen MR) is 446 cm³/mol. The van der Waals surface area contributed by atoms with Gasteiger partial charge in [0.1, 0.15) is 22.3 Å². The minimum Gasteiger partial charge on any atom is -0.455 e. The maximum Gasteiger partial charge on any atom is 0.252 e. The van der Waals surface area contributed by atoms with Crippen LogP contribution in [0.5, 0.6) is 0 Å². The largest absolute Gasteiger partial charge is 0.455 e. The second kappa shape index (κ2) is 24.1. The molecule has 3 aromatic heterocycles. The third-order valence-corrected chi connectivity index (χ3v) is 21.8. The lowest BCUT2D eigenvalue weighted by Crippen LogP contribution is -2.61. The highest BCUT2D eigenvalue weighted by molar-refractivity contribution is 7.00. The molecule has 0 N–H and O–H groups in total. The molecule has 21 rings (SSSR count). The molecule has 0 amide bonds. The number of fused-ring (bicyclic) bond motifs is 13. The van der Waals surface area contributed by atoms with Gasteiger partial charge in [0.25, 0.3) is 6.71 Å². The van der Waals surface area contributed by atoms with Crippen LogP contribution in [-0.4, -0.2) is 11.3 Å². The molecule has 16 aromatic carbocycles. The number of benzene rings is 16. The second-order valence-corrected chi connectivity index (χ2v) is 28.8. The van der Waals surface area contributed by atoms with Crippen LogP contribution in [0.2, 0.25) is 0 Å². The van der Waals surface area contributed by atoms with Crippen LogP contribution in [0.4, 0.5) is 34.1 Å². The molecule has 0 aliphatic carbocycles. The van der Waals surface area contributed by atoms with Gasteiger partial charge in [-0.25, -0.2) is 0 Å². The summed E-state index contributed by atoms with van der Waals surface area (Å²) in [6.45, 7) is 6.24. The molecule has 0 unspecified atom stereocenters. The zero-order chi connectivity index (χ0) is 77.3. The van der Waals surface area contributed by atoms with Crippen molar-refractivity contribution in [1.82, 2.24) is 4.57 Å². The van der Waals surface area contributed by atoms with Crippen LogP contribution in [0.25, 0.3) is 149 Å². The Balaban J connectivity index is 0.922. The Hall–Kier alpha value is -13.4. The minimum absolute atomic E-state index is 0.00146. The van der Waals surface area contributed by atoms with E-state index >= 15 is 0 Å². The summed E-state index contributed by atoms with van der Waals surface area (Å²) in [5.41, 5.74) is 26.1. The normalized spacial score (nSPS) is 13.7. The summed E-state index contributed by atoms with van der Waals surface area (Å²) in [5, 5.41) is 4.09. The third-order valence-electron chi connectivity index (χ3n) is 21.8. The maximum absolute atomic E-state index is 9.87. The topological polar surface area (TPSA) is 37.7 Å². The van der Waals surface area contributed by atoms with Crippen molar-refractivity contribution < 1.29 is 19.8 Å². The minimum atomic E-state index is -0.562. The Labute approximate surface area is 626 Å². The molecule has 19 aromatic rings. The first-order valence-electron chi connectivity index (χ1n) is 40.1. The van der Waals surface area contributed by atoms with E-state index in [0.29, 0.717) is 5.69 Å². The number of rotatable bonds is 10. The van der Waals surface area contributed by atoms with E-state index < -0.39 is 48.4 Å². The predicted octanol–water partition coefficient (Wildman–Crippen LogP) is 25.6. The van der Waals surface area contributed by atoms with Crippen LogP contribution in [0.15, 0.2) is 367 Å². The highest BCUT2D eigenvalue weighted by Gasteiger charge is 2.46. The van der Waals surface area contributed by atoms with Gasteiger partial charge in [0.05, 0.1) is 33.4 Å². The van der Waals surface area contributed by atoms with Gasteiger partial charge in [-0.2, -0.15) is 0 Å². The zero-order valence-corrected chi connectivity index (χ0v) is 58.2. The van der Waals surface area contributed by atoms with E-state index in [-0.39, 0.29) is 33.9 Å². The van der Waals surface area contributed by atoms with Crippen molar-refractivity contribution in [3.8, 4) is 83.6 Å². The lowest BCUT2D eigenvalue weighted by molar-refractivity contribution is 0.590. The van der Waals surface area contributed by atoms with Crippen LogP contribution in [0, 0.1) is 0 Å². The average Bonchev–Trinajstić information content (AvgIpc) is 0.712. The number of para-hydroxylation sites is 8. The monoisotopic (exact) mass is 1360 g/mol. The highest BCUT2D eigenvalue weighted by atomic mass is 16.3. The zero-order valence-electron chi connectivity index (χ0n) is 66.2. The van der Waals surface area contributed by atoms with Gasteiger partial charge in [-0.3, -0.25) is 0 Å². The Kier molecular flexibility index (Phi) is 12.1. The third kappa shape index (κ3) is 9.64. The summed E-state index contributed by atoms with van der Waals surface area (Å²) in [4.78, 5) is 4.96. The number of furan rings is 2. The van der Waals surface area contributed by atoms with Crippen molar-refractivity contribution in [2.45, 2.75) is 26.2 Å². The fraction of sp³-hybridized carbons (Fsp3) is 0.0400. The fourth-order valence-corrected chi connectivity index (χ4v) is 16.9. The quantitative estimate of drug-likeness (QED) is 0.128. The number of aromatic nitrogens is 1. The smallest absolute Gasteiger partial charge is 0.252 e. The van der Waals surface area contributed by atoms with Crippen molar-refractivity contribution >= 4 is 123 Å². The van der Waals surface area contributed by atoms with Gasteiger partial charge in [-0.05, 0) is 145 Å². The maximum atomic E-state index is 9.87. The SMILES string of the molecule is [2H]c1c([2H])c([2H])c2c(c1[2H])c1c([2H])c([2H])c([2H])c([2H])c1n2-c1ccc2c(c1)N(c1c(-c3ccccc3)cccc1-c1ccccc1)c1cc(C(C)(C)C)cc3c1B2c1cc(-c2cc(-c4cccc5c4oc4ccccc45)cc(-c4cccc5c4oc4ccccc45)c2)ccc1N3c1c(-c2ccccc2)cccc1-c1ccccc1. The molecular weight excluding hydrogens is 1290 g/mol. The number of anilines is 6. The molecule has 5 heterocycles. The summed E-state index contributed by atoms with van der Waals surface area (Å²) in [6.07, 6.45) is 0. The first-order valence-corrected chi connectivity index (χ1v) is 36.1. The first kappa shape index (κ1) is 53.4. The molecule has 0 spiro atoms. The van der Waals surface area contributed by atoms with E-state index in [9.17, 15) is 8.22 Å². The van der Waals surface area contributed by atoms with E-state index in [4.69, 9.17) is 11.6 Å². The van der Waals surface area contributed by atoms with E-state index in [1.807, 2.05) is 42.5 Å². The van der Waals surface area contributed by atoms with Crippen LogP contribution >= 0.6 is 0 Å². The molecular formula is C100H68BN3O2. The van der Waals surface area contributed by atoms with Crippen molar-refractivity contribution in [2.24, 2.45) is 0 Å². The summed E-state index contributed by atoms with van der Waals surface area (Å²) in [5.74, 6) is 0. The van der Waals surface area contributed by atoms with Gasteiger partial charge in [0.15, 0.2) is 0 Å². The number of hydrogen-bond donors (Lipinski definition) is 0. The Morgan fingerprint density at radius 3 is 1.20 bits per heavy atom. The lowest BCUT2D eigenvalue weighted by Gasteiger charge is -2.46. The van der Waals surface area contributed by atoms with E-state index in [1.54, 1.807) is 4.57 Å². The standard InChI is InChI=1S/C100H68BN3O2/c1-100(2,3)71-60-91-95-92(61-71)104(97-75(65-32-12-6-13-33-65)42-25-43-76(97)66-34-14-7-15-35-66)90-62-72(102-87-48-20-16-36-79(87)80-37-17-21-49-88(80)102)53-54-85(90)101(95)86-59-67(52-55-89(86)103(91)96-73(63-28-8-4-9-29-63)40-24-41-74(96)64-30-10-5-11-31-64)68-56-69(77-44-26-46-83-81-38-18-22-50-93(81)105-98(77)83)58-70(57-68)78-45-27-47-84-82-39-19-23-51-94(82)106-99(78)84/h4-62H,1-3H3/i16D,17D,20D,21D,36D,37D,48D,49D. The van der Waals surface area contributed by atoms with Crippen LogP contribution in [0.3, 0.4) is 0 Å². The highest BCUT2D eigenvalue weighted by Crippen LogP contribution is 2.55. The molecule has 2 aliphatic rings. The van der Waals surface area contributed by atoms with Crippen molar-refractivity contribution in [1.29, 1.82) is 0 Å². The van der Waals surface area contributed by atoms with Gasteiger partial charge in [-0.15, -0.1) is 0 Å². The van der Waals surface area contributed by atoms with E-state index in [0.717, 1.165) is 178 Å². The Morgan fingerprint density at radius 1 is 0.302 bits per heavy atom. The van der Waals surface area contributed by atoms with Gasteiger partial charge in [-0.1, -0.05) is 306 Å². The van der Waals surface area contributed by atoms with Gasteiger partial charge < -0.3 is 23.2 Å². The summed E-state index contributed by atoms with van der Waals surface area (Å²) in [6, 6.07) is 106. The second-order valence-electron chi connectivity index (χ2n) is 28.8. The number of hydrogen-bond acceptors (Lipinski definition) is 4. The van der Waals surface area contributed by atoms with Gasteiger partial charge >= 0.3 is 0 Å². The van der Waals surface area contributed by atoms with E-state index in [1.165, 1.54) is 0 Å². The first-order chi connectivity index (χ1) is 55.6. The fourth-order valence-electron chi connectivity index (χ4n) is 16.9. The molecule has 0 saturated carbocycles. The molecule has 6 heteroatoms. The lowest BCUT2D eigenvalue weighted by atomic mass is 9.33. The van der Waals surface area contributed by atoms with Gasteiger partial charge in [0.2, 0.25) is 0 Å². The van der Waals surface area contributed by atoms with Crippen molar-refractivity contribution in [2.75, 3.05) is 9.80 Å². The molecule has 498 valence electrons. The molecule has 0 fully saturated rings.